The molecule has 9 nitrogen and oxygen atoms in total. The first-order valence-electron chi connectivity index (χ1n) is 12.3. The number of piperazine rings is 2. The van der Waals surface area contributed by atoms with Gasteiger partial charge in [-0.2, -0.15) is 13.2 Å². The number of rotatable bonds is 7. The van der Waals surface area contributed by atoms with E-state index >= 15 is 0 Å². The number of benzene rings is 2. The lowest BCUT2D eigenvalue weighted by Gasteiger charge is -2.39. The molecule has 12 heteroatoms. The smallest absolute Gasteiger partial charge is 0.416 e. The van der Waals surface area contributed by atoms with Gasteiger partial charge in [0.25, 0.3) is 0 Å². The van der Waals surface area contributed by atoms with E-state index in [0.717, 1.165) is 36.7 Å². The van der Waals surface area contributed by atoms with Crippen LogP contribution < -0.4 is 20.3 Å². The molecule has 1 atom stereocenters. The minimum atomic E-state index is -4.55. The first-order chi connectivity index (χ1) is 18.1. The Labute approximate surface area is 218 Å². The molecule has 0 aromatic heterocycles. The molecule has 38 heavy (non-hydrogen) atoms. The van der Waals surface area contributed by atoms with E-state index in [0.29, 0.717) is 13.1 Å². The molecule has 3 amide bonds. The third-order valence-corrected chi connectivity index (χ3v) is 6.67. The van der Waals surface area contributed by atoms with Gasteiger partial charge in [-0.05, 0) is 42.5 Å². The van der Waals surface area contributed by atoms with Gasteiger partial charge in [-0.1, -0.05) is 6.07 Å². The van der Waals surface area contributed by atoms with Crippen LogP contribution in [0, 0.1) is 0 Å². The number of anilines is 2. The van der Waals surface area contributed by atoms with Gasteiger partial charge in [0, 0.05) is 50.6 Å². The van der Waals surface area contributed by atoms with Crippen molar-refractivity contribution in [1.29, 1.82) is 0 Å². The summed E-state index contributed by atoms with van der Waals surface area (Å²) in [7, 11) is 1.62. The summed E-state index contributed by atoms with van der Waals surface area (Å²) in [5, 5.41) is 5.07. The van der Waals surface area contributed by atoms with Crippen molar-refractivity contribution in [3.63, 3.8) is 0 Å². The highest BCUT2D eigenvalue weighted by Gasteiger charge is 2.36. The summed E-state index contributed by atoms with van der Waals surface area (Å²) in [6.45, 7) is 3.37. The van der Waals surface area contributed by atoms with Crippen molar-refractivity contribution in [3.05, 3.63) is 54.1 Å². The van der Waals surface area contributed by atoms with Crippen LogP contribution in [0.3, 0.4) is 0 Å². The van der Waals surface area contributed by atoms with Gasteiger partial charge in [0.15, 0.2) is 0 Å². The lowest BCUT2D eigenvalue weighted by molar-refractivity contribution is -0.145. The van der Waals surface area contributed by atoms with Gasteiger partial charge in [-0.25, -0.2) is 0 Å². The summed E-state index contributed by atoms with van der Waals surface area (Å²) in [6, 6.07) is 11.0. The zero-order valence-corrected chi connectivity index (χ0v) is 21.0. The molecular formula is C26H30F3N5O4. The minimum absolute atomic E-state index is 0.0337. The maximum Gasteiger partial charge on any atom is 0.416 e. The van der Waals surface area contributed by atoms with Crippen molar-refractivity contribution < 1.29 is 32.3 Å². The van der Waals surface area contributed by atoms with Gasteiger partial charge in [-0.3, -0.25) is 19.3 Å². The van der Waals surface area contributed by atoms with E-state index in [2.05, 4.69) is 15.5 Å². The van der Waals surface area contributed by atoms with Crippen molar-refractivity contribution in [2.24, 2.45) is 0 Å². The molecule has 1 unspecified atom stereocenters. The van der Waals surface area contributed by atoms with E-state index in [9.17, 15) is 27.6 Å². The van der Waals surface area contributed by atoms with Gasteiger partial charge in [-0.15, -0.1) is 0 Å². The van der Waals surface area contributed by atoms with E-state index in [4.69, 9.17) is 4.74 Å². The lowest BCUT2D eigenvalue weighted by atomic mass is 10.1. The monoisotopic (exact) mass is 533 g/mol. The summed E-state index contributed by atoms with van der Waals surface area (Å²) in [5.41, 5.74) is 0.138. The molecule has 2 fully saturated rings. The second-order valence-electron chi connectivity index (χ2n) is 9.19. The van der Waals surface area contributed by atoms with Crippen molar-refractivity contribution in [1.82, 2.24) is 15.1 Å². The highest BCUT2D eigenvalue weighted by Crippen LogP contribution is 2.30. The number of methoxy groups -OCH3 is 1. The molecular weight excluding hydrogens is 503 g/mol. The molecule has 2 aliphatic rings. The fourth-order valence-electron chi connectivity index (χ4n) is 4.62. The quantitative estimate of drug-likeness (QED) is 0.567. The van der Waals surface area contributed by atoms with E-state index in [-0.39, 0.29) is 37.6 Å². The molecule has 2 saturated heterocycles. The number of nitrogens with zero attached hydrogens (tertiary/aromatic N) is 3. The zero-order chi connectivity index (χ0) is 27.3. The highest BCUT2D eigenvalue weighted by atomic mass is 19.4. The SMILES string of the molecule is COc1ccc(N2CCN(CC(=O)N3CCNC(=O)C3CC(=O)Nc3cccc(C(F)(F)F)c3)CC2)cc1. The molecule has 2 aliphatic heterocycles. The fraction of sp³-hybridized carbons (Fsp3) is 0.423. The van der Waals surface area contributed by atoms with E-state index in [1.54, 1.807) is 7.11 Å². The Morgan fingerprint density at radius 3 is 2.42 bits per heavy atom. The van der Waals surface area contributed by atoms with Gasteiger partial charge < -0.3 is 25.2 Å². The number of hydrogen-bond acceptors (Lipinski definition) is 6. The number of alkyl halides is 3. The Morgan fingerprint density at radius 1 is 1.05 bits per heavy atom. The van der Waals surface area contributed by atoms with E-state index in [1.807, 2.05) is 29.2 Å². The third-order valence-electron chi connectivity index (χ3n) is 6.67. The lowest BCUT2D eigenvalue weighted by Crippen LogP contribution is -2.60. The van der Waals surface area contributed by atoms with Crippen LogP contribution in [-0.2, 0) is 20.6 Å². The first-order valence-corrected chi connectivity index (χ1v) is 12.3. The largest absolute Gasteiger partial charge is 0.497 e. The number of amides is 3. The Kier molecular flexibility index (Phi) is 8.40. The Bertz CT molecular complexity index is 1150. The van der Waals surface area contributed by atoms with Gasteiger partial charge in [0.05, 0.1) is 25.6 Å². The molecule has 2 aromatic rings. The molecule has 204 valence electrons. The maximum absolute atomic E-state index is 13.2. The molecule has 2 N–H and O–H groups in total. The standard InChI is InChI=1S/C26H30F3N5O4/c1-38-21-7-5-20(6-8-21)33-13-11-32(12-14-33)17-24(36)34-10-9-30-25(37)22(34)16-23(35)31-19-4-2-3-18(15-19)26(27,28)29/h2-8,15,22H,9-14,16-17H2,1H3,(H,30,37)(H,31,35). The predicted octanol–water partition coefficient (Wildman–Crippen LogP) is 2.19. The van der Waals surface area contributed by atoms with Crippen LogP contribution in [0.2, 0.25) is 0 Å². The van der Waals surface area contributed by atoms with E-state index < -0.39 is 29.6 Å². The first kappa shape index (κ1) is 27.2. The Hall–Kier alpha value is -3.80. The zero-order valence-electron chi connectivity index (χ0n) is 21.0. The van der Waals surface area contributed by atoms with Crippen molar-refractivity contribution in [2.75, 3.05) is 63.1 Å². The molecule has 0 spiro atoms. The summed E-state index contributed by atoms with van der Waals surface area (Å²) >= 11 is 0. The van der Waals surface area contributed by atoms with E-state index in [1.165, 1.54) is 17.0 Å². The summed E-state index contributed by atoms with van der Waals surface area (Å²) in [5.74, 6) is -0.610. The summed E-state index contributed by atoms with van der Waals surface area (Å²) in [4.78, 5) is 44.0. The second-order valence-corrected chi connectivity index (χ2v) is 9.19. The average Bonchev–Trinajstić information content (AvgIpc) is 2.90. The molecule has 0 bridgehead atoms. The second kappa shape index (κ2) is 11.7. The average molecular weight is 534 g/mol. The number of hydrogen-bond donors (Lipinski definition) is 2. The Morgan fingerprint density at radius 2 is 1.76 bits per heavy atom. The molecule has 2 heterocycles. The van der Waals surface area contributed by atoms with Crippen LogP contribution in [0.1, 0.15) is 12.0 Å². The maximum atomic E-state index is 13.2. The topological polar surface area (TPSA) is 94.2 Å². The molecule has 2 aromatic carbocycles. The fourth-order valence-corrected chi connectivity index (χ4v) is 4.62. The van der Waals surface area contributed by atoms with Crippen molar-refractivity contribution in [3.8, 4) is 5.75 Å². The van der Waals surface area contributed by atoms with Crippen LogP contribution >= 0.6 is 0 Å². The minimum Gasteiger partial charge on any atom is -0.497 e. The predicted molar refractivity (Wildman–Crippen MR) is 135 cm³/mol. The number of nitrogens with one attached hydrogen (secondary N) is 2. The van der Waals surface area contributed by atoms with Crippen LogP contribution in [0.4, 0.5) is 24.5 Å². The third kappa shape index (κ3) is 6.74. The normalized spacial score (nSPS) is 18.6. The van der Waals surface area contributed by atoms with Crippen LogP contribution in [0.15, 0.2) is 48.5 Å². The number of carbonyl (C=O) groups excluding carboxylic acids is 3. The van der Waals surface area contributed by atoms with Crippen molar-refractivity contribution in [2.45, 2.75) is 18.6 Å². The molecule has 0 aliphatic carbocycles. The van der Waals surface area contributed by atoms with Gasteiger partial charge in [0.1, 0.15) is 11.8 Å². The van der Waals surface area contributed by atoms with Crippen LogP contribution in [0.5, 0.6) is 5.75 Å². The van der Waals surface area contributed by atoms with Crippen LogP contribution in [0.25, 0.3) is 0 Å². The molecule has 0 saturated carbocycles. The Balaban J connectivity index is 1.32. The number of ether oxygens (including phenoxy) is 1. The van der Waals surface area contributed by atoms with Crippen LogP contribution in [-0.4, -0.2) is 86.5 Å². The molecule has 4 rings (SSSR count). The van der Waals surface area contributed by atoms with Crippen molar-refractivity contribution >= 4 is 29.1 Å². The van der Waals surface area contributed by atoms with Gasteiger partial charge >= 0.3 is 6.18 Å². The molecule has 0 radical (unpaired) electrons. The summed E-state index contributed by atoms with van der Waals surface area (Å²) < 4.78 is 44.1. The summed E-state index contributed by atoms with van der Waals surface area (Å²) in [6.07, 6.45) is -4.91. The highest BCUT2D eigenvalue weighted by molar-refractivity contribution is 5.97. The number of carbonyl (C=O) groups is 3. The van der Waals surface area contributed by atoms with Gasteiger partial charge in [0.2, 0.25) is 17.7 Å². The number of halogens is 3.